The summed E-state index contributed by atoms with van der Waals surface area (Å²) in [5.41, 5.74) is 5.77. The second kappa shape index (κ2) is 4.83. The summed E-state index contributed by atoms with van der Waals surface area (Å²) >= 11 is 0. The van der Waals surface area contributed by atoms with Crippen LogP contribution in [0.4, 0.5) is 11.9 Å². The van der Waals surface area contributed by atoms with Crippen LogP contribution in [0.1, 0.15) is 19.8 Å². The van der Waals surface area contributed by atoms with Crippen LogP contribution >= 0.6 is 0 Å². The third-order valence-corrected chi connectivity index (χ3v) is 3.48. The van der Waals surface area contributed by atoms with Crippen LogP contribution in [0, 0.1) is 5.92 Å². The first-order valence-corrected chi connectivity index (χ1v) is 6.52. The Labute approximate surface area is 111 Å². The predicted molar refractivity (Wildman–Crippen MR) is 72.0 cm³/mol. The molecule has 0 aliphatic carbocycles. The van der Waals surface area contributed by atoms with Crippen LogP contribution in [0.3, 0.4) is 0 Å². The molecule has 19 heavy (non-hydrogen) atoms. The Hall–Kier alpha value is -2.18. The monoisotopic (exact) mass is 259 g/mol. The average Bonchev–Trinajstić information content (AvgIpc) is 3.09. The number of aromatic nitrogens is 5. The molecule has 1 aliphatic rings. The van der Waals surface area contributed by atoms with Crippen LogP contribution in [-0.2, 0) is 0 Å². The molecule has 2 N–H and O–H groups in total. The van der Waals surface area contributed by atoms with E-state index in [1.54, 1.807) is 17.1 Å². The molecule has 0 saturated carbocycles. The molecule has 2 aromatic heterocycles. The van der Waals surface area contributed by atoms with Gasteiger partial charge in [0.1, 0.15) is 0 Å². The summed E-state index contributed by atoms with van der Waals surface area (Å²) in [6.45, 7) is 4.17. The molecule has 0 bridgehead atoms. The van der Waals surface area contributed by atoms with Gasteiger partial charge >= 0.3 is 0 Å². The Morgan fingerprint density at radius 1 is 1.32 bits per heavy atom. The van der Waals surface area contributed by atoms with Gasteiger partial charge in [-0.2, -0.15) is 20.1 Å². The summed E-state index contributed by atoms with van der Waals surface area (Å²) in [4.78, 5) is 15.0. The van der Waals surface area contributed by atoms with Crippen molar-refractivity contribution >= 4 is 11.9 Å². The van der Waals surface area contributed by atoms with E-state index in [0.717, 1.165) is 13.1 Å². The molecule has 0 amide bonds. The van der Waals surface area contributed by atoms with Gasteiger partial charge in [0.05, 0.1) is 0 Å². The number of nitrogens with two attached hydrogens (primary N) is 1. The quantitative estimate of drug-likeness (QED) is 0.880. The third kappa shape index (κ3) is 2.35. The van der Waals surface area contributed by atoms with Crippen LogP contribution in [-0.4, -0.2) is 37.8 Å². The third-order valence-electron chi connectivity index (χ3n) is 3.48. The summed E-state index contributed by atoms with van der Waals surface area (Å²) in [6.07, 6.45) is 5.84. The van der Waals surface area contributed by atoms with Gasteiger partial charge in [-0.15, -0.1) is 0 Å². The van der Waals surface area contributed by atoms with Gasteiger partial charge in [-0.1, -0.05) is 13.3 Å². The minimum absolute atomic E-state index is 0.232. The number of nitrogen functional groups attached to an aromatic ring is 1. The maximum atomic E-state index is 5.77. The smallest absolute Gasteiger partial charge is 0.257 e. The van der Waals surface area contributed by atoms with Crippen molar-refractivity contribution in [1.82, 2.24) is 24.7 Å². The lowest BCUT2D eigenvalue weighted by Crippen LogP contribution is -2.23. The van der Waals surface area contributed by atoms with Crippen molar-refractivity contribution in [3.63, 3.8) is 0 Å². The highest BCUT2D eigenvalue weighted by atomic mass is 15.4. The fourth-order valence-electron chi connectivity index (χ4n) is 2.35. The van der Waals surface area contributed by atoms with E-state index in [-0.39, 0.29) is 5.95 Å². The average molecular weight is 259 g/mol. The van der Waals surface area contributed by atoms with Crippen molar-refractivity contribution in [2.45, 2.75) is 19.8 Å². The Morgan fingerprint density at radius 2 is 2.16 bits per heavy atom. The van der Waals surface area contributed by atoms with Gasteiger partial charge in [-0.05, 0) is 18.4 Å². The molecule has 1 unspecified atom stereocenters. The number of nitrogens with zero attached hydrogens (tertiary/aromatic N) is 6. The number of rotatable bonds is 3. The van der Waals surface area contributed by atoms with Crippen LogP contribution < -0.4 is 10.6 Å². The van der Waals surface area contributed by atoms with Gasteiger partial charge in [-0.3, -0.25) is 0 Å². The van der Waals surface area contributed by atoms with Gasteiger partial charge < -0.3 is 10.6 Å². The number of hydrogen-bond acceptors (Lipinski definition) is 6. The second-order valence-electron chi connectivity index (χ2n) is 4.75. The zero-order valence-corrected chi connectivity index (χ0v) is 10.9. The fraction of sp³-hybridized carbons (Fsp3) is 0.500. The highest BCUT2D eigenvalue weighted by Gasteiger charge is 2.24. The summed E-state index contributed by atoms with van der Waals surface area (Å²) in [6, 6.07) is 1.82. The Morgan fingerprint density at radius 3 is 2.84 bits per heavy atom. The Balaban J connectivity index is 1.90. The van der Waals surface area contributed by atoms with Gasteiger partial charge in [0.2, 0.25) is 11.9 Å². The van der Waals surface area contributed by atoms with Crippen LogP contribution in [0.5, 0.6) is 0 Å². The lowest BCUT2D eigenvalue weighted by molar-refractivity contribution is 0.568. The summed E-state index contributed by atoms with van der Waals surface area (Å²) in [5.74, 6) is 2.06. The SMILES string of the molecule is CCC1CCN(c2nc(N)nc(-n3cccn3)n2)C1. The lowest BCUT2D eigenvalue weighted by atomic mass is 10.1. The molecule has 1 atom stereocenters. The van der Waals surface area contributed by atoms with E-state index in [1.165, 1.54) is 12.8 Å². The van der Waals surface area contributed by atoms with Crippen molar-refractivity contribution < 1.29 is 0 Å². The lowest BCUT2D eigenvalue weighted by Gasteiger charge is -2.16. The molecule has 0 spiro atoms. The first-order chi connectivity index (χ1) is 9.26. The van der Waals surface area contributed by atoms with Gasteiger partial charge in [0.15, 0.2) is 0 Å². The summed E-state index contributed by atoms with van der Waals surface area (Å²) in [5, 5.41) is 4.12. The molecule has 1 fully saturated rings. The molecule has 7 heteroatoms. The normalized spacial score (nSPS) is 19.0. The zero-order valence-electron chi connectivity index (χ0n) is 10.9. The van der Waals surface area contributed by atoms with E-state index in [0.29, 0.717) is 17.8 Å². The van der Waals surface area contributed by atoms with Crippen molar-refractivity contribution in [2.24, 2.45) is 5.92 Å². The van der Waals surface area contributed by atoms with E-state index in [4.69, 9.17) is 5.73 Å². The van der Waals surface area contributed by atoms with Crippen molar-refractivity contribution in [1.29, 1.82) is 0 Å². The molecule has 1 saturated heterocycles. The maximum absolute atomic E-state index is 5.77. The standard InChI is InChI=1S/C12H17N7/c1-2-9-4-7-18(8-9)11-15-10(13)16-12(17-11)19-6-3-5-14-19/h3,5-6,9H,2,4,7-8H2,1H3,(H2,13,15,16,17). The Kier molecular flexibility index (Phi) is 3.02. The highest BCUT2D eigenvalue weighted by Crippen LogP contribution is 2.23. The maximum Gasteiger partial charge on any atom is 0.257 e. The predicted octanol–water partition coefficient (Wildman–Crippen LogP) is 0.876. The van der Waals surface area contributed by atoms with E-state index in [2.05, 4.69) is 31.9 Å². The van der Waals surface area contributed by atoms with Gasteiger partial charge in [-0.25, -0.2) is 4.68 Å². The van der Waals surface area contributed by atoms with Crippen LogP contribution in [0.15, 0.2) is 18.5 Å². The molecule has 3 rings (SSSR count). The largest absolute Gasteiger partial charge is 0.368 e. The van der Waals surface area contributed by atoms with Crippen molar-refractivity contribution in [3.05, 3.63) is 18.5 Å². The molecule has 100 valence electrons. The second-order valence-corrected chi connectivity index (χ2v) is 4.75. The van der Waals surface area contributed by atoms with Crippen LogP contribution in [0.25, 0.3) is 5.95 Å². The molecule has 0 aromatic carbocycles. The molecular formula is C12H17N7. The van der Waals surface area contributed by atoms with E-state index in [1.807, 2.05) is 6.07 Å². The van der Waals surface area contributed by atoms with Crippen molar-refractivity contribution in [3.8, 4) is 5.95 Å². The summed E-state index contributed by atoms with van der Waals surface area (Å²) < 4.78 is 1.59. The topological polar surface area (TPSA) is 85.8 Å². The van der Waals surface area contributed by atoms with E-state index in [9.17, 15) is 0 Å². The van der Waals surface area contributed by atoms with E-state index < -0.39 is 0 Å². The van der Waals surface area contributed by atoms with Gasteiger partial charge in [0.25, 0.3) is 5.95 Å². The fourth-order valence-corrected chi connectivity index (χ4v) is 2.35. The Bertz CT molecular complexity index is 551. The first-order valence-electron chi connectivity index (χ1n) is 6.52. The molecule has 7 nitrogen and oxygen atoms in total. The van der Waals surface area contributed by atoms with Crippen molar-refractivity contribution in [2.75, 3.05) is 23.7 Å². The molecular weight excluding hydrogens is 242 g/mol. The molecule has 1 aliphatic heterocycles. The molecule has 2 aromatic rings. The first kappa shape index (κ1) is 11.9. The van der Waals surface area contributed by atoms with Crippen LogP contribution in [0.2, 0.25) is 0 Å². The number of hydrogen-bond donors (Lipinski definition) is 1. The minimum Gasteiger partial charge on any atom is -0.368 e. The highest BCUT2D eigenvalue weighted by molar-refractivity contribution is 5.38. The minimum atomic E-state index is 0.232. The molecule has 3 heterocycles. The number of anilines is 2. The summed E-state index contributed by atoms with van der Waals surface area (Å²) in [7, 11) is 0. The van der Waals surface area contributed by atoms with E-state index >= 15 is 0 Å². The zero-order chi connectivity index (χ0) is 13.2. The molecule has 0 radical (unpaired) electrons. The van der Waals surface area contributed by atoms with Gasteiger partial charge in [0, 0.05) is 25.5 Å².